The Kier molecular flexibility index (Phi) is 5.80. The van der Waals surface area contributed by atoms with Crippen LogP contribution in [0.1, 0.15) is 44.8 Å². The van der Waals surface area contributed by atoms with E-state index < -0.39 is 0 Å². The Morgan fingerprint density at radius 3 is 2.85 bits per heavy atom. The van der Waals surface area contributed by atoms with Gasteiger partial charge in [-0.2, -0.15) is 0 Å². The zero-order valence-electron chi connectivity index (χ0n) is 12.9. The van der Waals surface area contributed by atoms with Crippen molar-refractivity contribution in [2.24, 2.45) is 0 Å². The zero-order valence-corrected chi connectivity index (χ0v) is 12.9. The van der Waals surface area contributed by atoms with Crippen molar-refractivity contribution in [3.63, 3.8) is 0 Å². The van der Waals surface area contributed by atoms with Crippen molar-refractivity contribution >= 4 is 5.69 Å². The van der Waals surface area contributed by atoms with E-state index in [9.17, 15) is 0 Å². The van der Waals surface area contributed by atoms with Crippen LogP contribution in [0.3, 0.4) is 0 Å². The largest absolute Gasteiger partial charge is 0.376 e. The van der Waals surface area contributed by atoms with Crippen LogP contribution in [0.15, 0.2) is 18.3 Å². The van der Waals surface area contributed by atoms with E-state index in [1.54, 1.807) is 0 Å². The molecule has 2 rings (SSSR count). The Bertz CT molecular complexity index is 387. The maximum atomic E-state index is 5.68. The van der Waals surface area contributed by atoms with Gasteiger partial charge in [-0.25, -0.2) is 0 Å². The van der Waals surface area contributed by atoms with Crippen LogP contribution in [0.5, 0.6) is 0 Å². The minimum Gasteiger partial charge on any atom is -0.376 e. The number of rotatable bonds is 7. The van der Waals surface area contributed by atoms with Crippen LogP contribution in [0, 0.1) is 0 Å². The van der Waals surface area contributed by atoms with Gasteiger partial charge < -0.3 is 15.0 Å². The summed E-state index contributed by atoms with van der Waals surface area (Å²) in [5.41, 5.74) is 2.29. The van der Waals surface area contributed by atoms with E-state index in [0.29, 0.717) is 12.1 Å². The molecule has 20 heavy (non-hydrogen) atoms. The van der Waals surface area contributed by atoms with E-state index in [1.165, 1.54) is 12.8 Å². The molecule has 112 valence electrons. The average Bonchev–Trinajstić information content (AvgIpc) is 2.98. The number of nitrogens with one attached hydrogen (secondary N) is 1. The predicted molar refractivity (Wildman–Crippen MR) is 83.2 cm³/mol. The van der Waals surface area contributed by atoms with Crippen LogP contribution in [0.25, 0.3) is 0 Å². The molecule has 2 atom stereocenters. The van der Waals surface area contributed by atoms with Crippen molar-refractivity contribution in [3.05, 3.63) is 24.0 Å². The Balaban J connectivity index is 1.95. The first-order valence-corrected chi connectivity index (χ1v) is 7.76. The third-order valence-electron chi connectivity index (χ3n) is 3.93. The van der Waals surface area contributed by atoms with E-state index in [-0.39, 0.29) is 0 Å². The van der Waals surface area contributed by atoms with E-state index in [2.05, 4.69) is 48.2 Å². The molecule has 1 aromatic rings. The summed E-state index contributed by atoms with van der Waals surface area (Å²) >= 11 is 0. The predicted octanol–water partition coefficient (Wildman–Crippen LogP) is 2.76. The average molecular weight is 277 g/mol. The van der Waals surface area contributed by atoms with Gasteiger partial charge in [-0.3, -0.25) is 4.98 Å². The molecule has 4 heteroatoms. The fourth-order valence-electron chi connectivity index (χ4n) is 2.73. The molecule has 1 saturated heterocycles. The molecule has 1 aliphatic rings. The number of pyridine rings is 1. The first kappa shape index (κ1) is 15.3. The molecule has 2 heterocycles. The third kappa shape index (κ3) is 3.93. The van der Waals surface area contributed by atoms with Crippen molar-refractivity contribution in [3.8, 4) is 0 Å². The summed E-state index contributed by atoms with van der Waals surface area (Å²) in [6.07, 6.45) is 5.78. The van der Waals surface area contributed by atoms with Crippen molar-refractivity contribution in [2.45, 2.75) is 45.3 Å². The van der Waals surface area contributed by atoms with Crippen molar-refractivity contribution in [1.82, 2.24) is 10.3 Å². The van der Waals surface area contributed by atoms with Crippen LogP contribution in [0.2, 0.25) is 0 Å². The minimum atomic E-state index is 0.359. The molecule has 0 saturated carbocycles. The van der Waals surface area contributed by atoms with Gasteiger partial charge in [0.25, 0.3) is 0 Å². The van der Waals surface area contributed by atoms with Crippen molar-refractivity contribution in [1.29, 1.82) is 0 Å². The fourth-order valence-corrected chi connectivity index (χ4v) is 2.73. The molecule has 0 bridgehead atoms. The summed E-state index contributed by atoms with van der Waals surface area (Å²) in [6.45, 7) is 7.15. The molecule has 0 amide bonds. The second-order valence-electron chi connectivity index (χ2n) is 5.48. The Morgan fingerprint density at radius 2 is 2.30 bits per heavy atom. The Hall–Kier alpha value is -1.13. The molecule has 0 radical (unpaired) electrons. The Labute approximate surface area is 122 Å². The molecule has 0 aliphatic carbocycles. The second-order valence-corrected chi connectivity index (χ2v) is 5.48. The van der Waals surface area contributed by atoms with E-state index in [1.807, 2.05) is 6.20 Å². The maximum Gasteiger partial charge on any atom is 0.0750 e. The summed E-state index contributed by atoms with van der Waals surface area (Å²) in [6, 6.07) is 4.66. The SMILES string of the molecule is CCNC(CC)c1ccc(N(C)CC2CCCO2)cn1. The number of hydrogen-bond acceptors (Lipinski definition) is 4. The minimum absolute atomic E-state index is 0.359. The van der Waals surface area contributed by atoms with Gasteiger partial charge in [-0.1, -0.05) is 13.8 Å². The summed E-state index contributed by atoms with van der Waals surface area (Å²) in [5, 5.41) is 3.46. The quantitative estimate of drug-likeness (QED) is 0.831. The second kappa shape index (κ2) is 7.60. The summed E-state index contributed by atoms with van der Waals surface area (Å²) in [4.78, 5) is 6.86. The highest BCUT2D eigenvalue weighted by Gasteiger charge is 2.18. The van der Waals surface area contributed by atoms with E-state index >= 15 is 0 Å². The van der Waals surface area contributed by atoms with Gasteiger partial charge in [-0.15, -0.1) is 0 Å². The molecular formula is C16H27N3O. The van der Waals surface area contributed by atoms with E-state index in [4.69, 9.17) is 4.74 Å². The van der Waals surface area contributed by atoms with Crippen molar-refractivity contribution in [2.75, 3.05) is 31.6 Å². The normalized spacial score (nSPS) is 20.1. The molecule has 4 nitrogen and oxygen atoms in total. The summed E-state index contributed by atoms with van der Waals surface area (Å²) in [7, 11) is 2.11. The zero-order chi connectivity index (χ0) is 14.4. The van der Waals surface area contributed by atoms with Crippen LogP contribution in [-0.2, 0) is 4.74 Å². The van der Waals surface area contributed by atoms with Gasteiger partial charge in [0.15, 0.2) is 0 Å². The van der Waals surface area contributed by atoms with Crippen LogP contribution in [-0.4, -0.2) is 37.8 Å². The highest BCUT2D eigenvalue weighted by molar-refractivity contribution is 5.44. The lowest BCUT2D eigenvalue weighted by Crippen LogP contribution is -2.28. The molecule has 0 spiro atoms. The molecule has 2 unspecified atom stereocenters. The molecule has 1 fully saturated rings. The maximum absolute atomic E-state index is 5.68. The van der Waals surface area contributed by atoms with Gasteiger partial charge in [0, 0.05) is 26.2 Å². The lowest BCUT2D eigenvalue weighted by molar-refractivity contribution is 0.116. The molecule has 1 aliphatic heterocycles. The number of hydrogen-bond donors (Lipinski definition) is 1. The Morgan fingerprint density at radius 1 is 1.45 bits per heavy atom. The van der Waals surface area contributed by atoms with Gasteiger partial charge in [0.05, 0.1) is 23.7 Å². The van der Waals surface area contributed by atoms with Crippen LogP contribution >= 0.6 is 0 Å². The number of aromatic nitrogens is 1. The van der Waals surface area contributed by atoms with E-state index in [0.717, 1.165) is 37.5 Å². The lowest BCUT2D eigenvalue weighted by Gasteiger charge is -2.23. The number of anilines is 1. The molecule has 1 aromatic heterocycles. The summed E-state index contributed by atoms with van der Waals surface area (Å²) in [5.74, 6) is 0. The third-order valence-corrected chi connectivity index (χ3v) is 3.93. The first-order valence-electron chi connectivity index (χ1n) is 7.76. The molecule has 1 N–H and O–H groups in total. The highest BCUT2D eigenvalue weighted by atomic mass is 16.5. The lowest BCUT2D eigenvalue weighted by atomic mass is 10.1. The van der Waals surface area contributed by atoms with Crippen molar-refractivity contribution < 1.29 is 4.74 Å². The molecular weight excluding hydrogens is 250 g/mol. The van der Waals surface area contributed by atoms with Gasteiger partial charge in [0.1, 0.15) is 0 Å². The topological polar surface area (TPSA) is 37.4 Å². The first-order chi connectivity index (χ1) is 9.74. The fraction of sp³-hybridized carbons (Fsp3) is 0.688. The van der Waals surface area contributed by atoms with Crippen LogP contribution in [0.4, 0.5) is 5.69 Å². The van der Waals surface area contributed by atoms with Gasteiger partial charge in [-0.05, 0) is 37.9 Å². The van der Waals surface area contributed by atoms with Gasteiger partial charge >= 0.3 is 0 Å². The molecule has 0 aromatic carbocycles. The standard InChI is InChI=1S/C16H27N3O/c1-4-15(17-5-2)16-9-8-13(11-18-16)19(3)12-14-7-6-10-20-14/h8-9,11,14-15,17H,4-7,10,12H2,1-3H3. The number of ether oxygens (including phenoxy) is 1. The summed E-state index contributed by atoms with van der Waals surface area (Å²) < 4.78 is 5.68. The van der Waals surface area contributed by atoms with Crippen LogP contribution < -0.4 is 10.2 Å². The number of likely N-dealkylation sites (N-methyl/N-ethyl adjacent to an activating group) is 1. The number of nitrogens with zero attached hydrogens (tertiary/aromatic N) is 2. The smallest absolute Gasteiger partial charge is 0.0750 e. The van der Waals surface area contributed by atoms with Gasteiger partial charge in [0.2, 0.25) is 0 Å². The highest BCUT2D eigenvalue weighted by Crippen LogP contribution is 2.20. The monoisotopic (exact) mass is 277 g/mol.